The maximum atomic E-state index is 13.8. The number of H-pyrrole nitrogens is 1. The van der Waals surface area contributed by atoms with Crippen LogP contribution in [0.15, 0.2) is 46.1 Å². The van der Waals surface area contributed by atoms with Gasteiger partial charge in [-0.15, -0.1) is 0 Å². The van der Waals surface area contributed by atoms with Crippen LogP contribution in [0.2, 0.25) is 0 Å². The zero-order valence-corrected chi connectivity index (χ0v) is 15.9. The summed E-state index contributed by atoms with van der Waals surface area (Å²) in [5, 5.41) is 13.8. The lowest BCUT2D eigenvalue weighted by Gasteiger charge is -2.12. The Kier molecular flexibility index (Phi) is 4.73. The first kappa shape index (κ1) is 19.6. The molecule has 0 spiro atoms. The van der Waals surface area contributed by atoms with E-state index >= 15 is 0 Å². The minimum Gasteiger partial charge on any atom is -0.507 e. The van der Waals surface area contributed by atoms with E-state index in [1.54, 1.807) is 11.7 Å². The number of benzene rings is 2. The summed E-state index contributed by atoms with van der Waals surface area (Å²) >= 11 is 0. The van der Waals surface area contributed by atoms with Gasteiger partial charge < -0.3 is 14.8 Å². The van der Waals surface area contributed by atoms with Gasteiger partial charge in [0.05, 0.1) is 21.8 Å². The van der Waals surface area contributed by atoms with Crippen LogP contribution in [-0.2, 0) is 24.8 Å². The molecule has 0 aliphatic carbocycles. The number of hydrogen-bond acceptors (Lipinski definition) is 4. The third-order valence-corrected chi connectivity index (χ3v) is 5.08. The molecule has 0 amide bonds. The number of halogens is 2. The Morgan fingerprint density at radius 3 is 2.67 bits per heavy atom. The van der Waals surface area contributed by atoms with E-state index in [0.717, 1.165) is 12.1 Å². The summed E-state index contributed by atoms with van der Waals surface area (Å²) in [6.45, 7) is -0.0648. The van der Waals surface area contributed by atoms with Crippen molar-refractivity contribution in [3.05, 3.63) is 74.3 Å². The molecule has 0 saturated carbocycles. The molecule has 0 aliphatic heterocycles. The number of rotatable bonds is 5. The number of aromatic hydroxyl groups is 1. The van der Waals surface area contributed by atoms with Gasteiger partial charge in [0.15, 0.2) is 5.43 Å². The molecular formula is C21H17F2N3O4. The fraction of sp³-hybridized carbons (Fsp3) is 0.190. The average molecular weight is 413 g/mol. The molecule has 2 aromatic heterocycles. The summed E-state index contributed by atoms with van der Waals surface area (Å²) in [5.41, 5.74) is -0.214. The lowest BCUT2D eigenvalue weighted by molar-refractivity contribution is -0.118. The quantitative estimate of drug-likeness (QED) is 0.525. The van der Waals surface area contributed by atoms with Gasteiger partial charge in [-0.05, 0) is 11.6 Å². The fourth-order valence-electron chi connectivity index (χ4n) is 3.66. The molecule has 0 fully saturated rings. The van der Waals surface area contributed by atoms with Crippen molar-refractivity contribution >= 4 is 27.6 Å². The molecule has 0 atom stereocenters. The Bertz CT molecular complexity index is 1430. The number of nitrogens with zero attached hydrogens (tertiary/aromatic N) is 2. The molecule has 0 aliphatic rings. The first-order valence-electron chi connectivity index (χ1n) is 9.15. The summed E-state index contributed by atoms with van der Waals surface area (Å²) in [6, 6.07) is 5.28. The number of carbonyl (C=O) groups excluding carboxylic acids is 1. The lowest BCUT2D eigenvalue weighted by Crippen LogP contribution is -2.23. The third kappa shape index (κ3) is 3.28. The van der Waals surface area contributed by atoms with Crippen LogP contribution >= 0.6 is 0 Å². The van der Waals surface area contributed by atoms with E-state index in [4.69, 9.17) is 0 Å². The largest absolute Gasteiger partial charge is 0.507 e. The van der Waals surface area contributed by atoms with Gasteiger partial charge >= 0.3 is 0 Å². The van der Waals surface area contributed by atoms with Gasteiger partial charge in [-0.1, -0.05) is 6.07 Å². The molecule has 154 valence electrons. The molecule has 0 saturated heterocycles. The van der Waals surface area contributed by atoms with Crippen molar-refractivity contribution in [3.8, 4) is 5.75 Å². The van der Waals surface area contributed by atoms with Crippen molar-refractivity contribution in [1.82, 2.24) is 14.3 Å². The second-order valence-electron chi connectivity index (χ2n) is 7.09. The van der Waals surface area contributed by atoms with E-state index in [1.807, 2.05) is 0 Å². The van der Waals surface area contributed by atoms with Crippen molar-refractivity contribution in [1.29, 1.82) is 0 Å². The molecule has 7 nitrogen and oxygen atoms in total. The number of hydrogen-bond donors (Lipinski definition) is 2. The predicted octanol–water partition coefficient (Wildman–Crippen LogP) is 2.37. The van der Waals surface area contributed by atoms with Crippen molar-refractivity contribution in [2.75, 3.05) is 0 Å². The second-order valence-corrected chi connectivity index (χ2v) is 7.09. The van der Waals surface area contributed by atoms with E-state index < -0.39 is 22.6 Å². The molecular weight excluding hydrogens is 396 g/mol. The second kappa shape index (κ2) is 7.25. The number of aromatic amines is 1. The monoisotopic (exact) mass is 413 g/mol. The van der Waals surface area contributed by atoms with Gasteiger partial charge in [-0.2, -0.15) is 0 Å². The molecule has 0 radical (unpaired) electrons. The van der Waals surface area contributed by atoms with Crippen LogP contribution in [0.1, 0.15) is 12.0 Å². The van der Waals surface area contributed by atoms with Gasteiger partial charge in [-0.25, -0.2) is 8.78 Å². The summed E-state index contributed by atoms with van der Waals surface area (Å²) in [4.78, 5) is 37.3. The highest BCUT2D eigenvalue weighted by Gasteiger charge is 2.18. The van der Waals surface area contributed by atoms with Crippen molar-refractivity contribution in [2.24, 2.45) is 7.05 Å². The van der Waals surface area contributed by atoms with Gasteiger partial charge in [0.2, 0.25) is 0 Å². The zero-order chi connectivity index (χ0) is 21.6. The lowest BCUT2D eigenvalue weighted by atomic mass is 10.1. The standard InChI is InChI=1S/C21H17F2N3O4/c1-25-20-15(10-24-25)21(30)26(17-8-14(28)9-18(29)19(17)20)5-4-13(27)6-11-2-3-12(22)7-16(11)23/h2-3,7-10,24,29H,4-6H2,1H3. The number of carbonyl (C=O) groups is 1. The first-order chi connectivity index (χ1) is 14.3. The Morgan fingerprint density at radius 2 is 1.93 bits per heavy atom. The van der Waals surface area contributed by atoms with Crippen LogP contribution in [0.5, 0.6) is 5.75 Å². The first-order valence-corrected chi connectivity index (χ1v) is 9.15. The summed E-state index contributed by atoms with van der Waals surface area (Å²) in [5.74, 6) is -2.18. The van der Waals surface area contributed by atoms with Crippen molar-refractivity contribution in [3.63, 3.8) is 0 Å². The predicted molar refractivity (Wildman–Crippen MR) is 107 cm³/mol. The fourth-order valence-corrected chi connectivity index (χ4v) is 3.66. The Labute approximate surface area is 167 Å². The maximum absolute atomic E-state index is 13.8. The molecule has 4 rings (SSSR count). The maximum Gasteiger partial charge on any atom is 0.262 e. The normalized spacial score (nSPS) is 11.4. The van der Waals surface area contributed by atoms with Crippen molar-refractivity contribution in [2.45, 2.75) is 19.4 Å². The van der Waals surface area contributed by atoms with E-state index in [1.165, 1.54) is 22.9 Å². The van der Waals surface area contributed by atoms with Crippen LogP contribution in [-0.4, -0.2) is 25.2 Å². The summed E-state index contributed by atoms with van der Waals surface area (Å²) in [6.07, 6.45) is 1.11. The third-order valence-electron chi connectivity index (χ3n) is 5.08. The van der Waals surface area contributed by atoms with Crippen LogP contribution in [0.25, 0.3) is 21.8 Å². The van der Waals surface area contributed by atoms with Crippen LogP contribution in [0.3, 0.4) is 0 Å². The average Bonchev–Trinajstić information content (AvgIpc) is 3.05. The summed E-state index contributed by atoms with van der Waals surface area (Å²) in [7, 11) is 1.66. The van der Waals surface area contributed by atoms with E-state index in [9.17, 15) is 28.3 Å². The molecule has 2 N–H and O–H groups in total. The topological polar surface area (TPSA) is 97.1 Å². The Hall–Kier alpha value is -3.75. The van der Waals surface area contributed by atoms with Gasteiger partial charge in [-0.3, -0.25) is 19.1 Å². The number of fused-ring (bicyclic) bond motifs is 3. The van der Waals surface area contributed by atoms with Gasteiger partial charge in [0, 0.05) is 50.8 Å². The highest BCUT2D eigenvalue weighted by molar-refractivity contribution is 6.06. The number of aryl methyl sites for hydroxylation is 2. The van der Waals surface area contributed by atoms with Crippen molar-refractivity contribution < 1.29 is 18.7 Å². The number of ketones is 1. The molecule has 2 aromatic carbocycles. The number of Topliss-reactive ketones (excluding diaryl/α,β-unsaturated/α-hetero) is 1. The molecule has 9 heteroatoms. The van der Waals surface area contributed by atoms with Crippen LogP contribution < -0.4 is 11.0 Å². The van der Waals surface area contributed by atoms with Gasteiger partial charge in [0.25, 0.3) is 5.56 Å². The molecule has 30 heavy (non-hydrogen) atoms. The number of aromatic nitrogens is 3. The molecule has 0 unspecified atom stereocenters. The molecule has 2 heterocycles. The smallest absolute Gasteiger partial charge is 0.262 e. The van der Waals surface area contributed by atoms with Gasteiger partial charge in [0.1, 0.15) is 23.2 Å². The minimum absolute atomic E-state index is 0.0613. The van der Waals surface area contributed by atoms with E-state index in [0.29, 0.717) is 17.0 Å². The summed E-state index contributed by atoms with van der Waals surface area (Å²) < 4.78 is 29.6. The van der Waals surface area contributed by atoms with Crippen LogP contribution in [0.4, 0.5) is 8.78 Å². The number of phenols is 1. The Morgan fingerprint density at radius 1 is 1.17 bits per heavy atom. The number of phenolic OH excluding ortho intramolecular Hbond substituents is 1. The van der Waals surface area contributed by atoms with Crippen LogP contribution in [0, 0.1) is 11.6 Å². The van der Waals surface area contributed by atoms with E-state index in [2.05, 4.69) is 5.10 Å². The highest BCUT2D eigenvalue weighted by atomic mass is 19.1. The SMILES string of the molecule is Cn1[nH]cc2c(=O)n(CCC(=O)Cc3ccc(F)cc3F)c3cc(=O)cc(O)c3c21. The zero-order valence-electron chi connectivity index (χ0n) is 15.9. The number of nitrogens with one attached hydrogen (secondary N) is 1. The Balaban J connectivity index is 1.73. The highest BCUT2D eigenvalue weighted by Crippen LogP contribution is 2.28. The van der Waals surface area contributed by atoms with E-state index in [-0.39, 0.29) is 47.4 Å². The molecule has 0 bridgehead atoms. The molecule has 4 aromatic rings. The number of pyridine rings is 1. The minimum atomic E-state index is -0.812.